The molecule has 6 nitrogen and oxygen atoms in total. The number of aromatic amines is 1. The van der Waals surface area contributed by atoms with E-state index in [4.69, 9.17) is 9.31 Å². The molecule has 0 bridgehead atoms. The van der Waals surface area contributed by atoms with Gasteiger partial charge in [0.2, 0.25) is 5.91 Å². The fraction of sp³-hybridized carbons (Fsp3) is 0.500. The van der Waals surface area contributed by atoms with Crippen molar-refractivity contribution in [3.63, 3.8) is 0 Å². The molecule has 1 amide bonds. The fourth-order valence-electron chi connectivity index (χ4n) is 2.17. The summed E-state index contributed by atoms with van der Waals surface area (Å²) in [5.74, 6) is -0.158. The van der Waals surface area contributed by atoms with Crippen LogP contribution in [0.4, 0.5) is 0 Å². The van der Waals surface area contributed by atoms with E-state index in [9.17, 15) is 9.59 Å². The second-order valence-corrected chi connectivity index (χ2v) is 6.67. The van der Waals surface area contributed by atoms with E-state index < -0.39 is 18.3 Å². The Balaban J connectivity index is 2.34. The minimum atomic E-state index is -0.619. The summed E-state index contributed by atoms with van der Waals surface area (Å²) in [5.41, 5.74) is -0.00549. The summed E-state index contributed by atoms with van der Waals surface area (Å²) in [6, 6.07) is 3.45. The molecule has 0 atom stereocenters. The zero-order valence-corrected chi connectivity index (χ0v) is 14.2. The summed E-state index contributed by atoms with van der Waals surface area (Å²) in [6.07, 6.45) is 3.28. The van der Waals surface area contributed by atoms with Crippen LogP contribution in [0.1, 0.15) is 40.2 Å². The summed E-state index contributed by atoms with van der Waals surface area (Å²) in [6.45, 7) is 9.52. The van der Waals surface area contributed by atoms with Crippen LogP contribution in [0.3, 0.4) is 0 Å². The smallest absolute Gasteiger partial charge is 0.400 e. The van der Waals surface area contributed by atoms with Crippen LogP contribution in [0.2, 0.25) is 0 Å². The molecule has 7 heteroatoms. The van der Waals surface area contributed by atoms with E-state index in [-0.39, 0.29) is 18.0 Å². The summed E-state index contributed by atoms with van der Waals surface area (Å²) in [7, 11) is -0.619. The van der Waals surface area contributed by atoms with Crippen molar-refractivity contribution in [3.05, 3.63) is 39.7 Å². The molecule has 0 unspecified atom stereocenters. The first-order valence-electron chi connectivity index (χ1n) is 7.61. The first-order chi connectivity index (χ1) is 10.6. The molecule has 0 aromatic carbocycles. The van der Waals surface area contributed by atoms with Gasteiger partial charge in [-0.1, -0.05) is 6.08 Å². The van der Waals surface area contributed by atoms with Gasteiger partial charge in [-0.05, 0) is 45.3 Å². The largest absolute Gasteiger partial charge is 0.492 e. The van der Waals surface area contributed by atoms with Crippen LogP contribution in [-0.2, 0) is 14.1 Å². The molecule has 1 aromatic heterocycles. The molecule has 1 aliphatic heterocycles. The molecule has 1 aliphatic rings. The van der Waals surface area contributed by atoms with Crippen LogP contribution < -0.4 is 10.9 Å². The van der Waals surface area contributed by atoms with Crippen LogP contribution in [0.25, 0.3) is 6.08 Å². The standard InChI is InChI=1S/C16H23BN2O4/c1-11(20)19-10-13(9-12-7-6-8-18-14(12)21)17-22-15(2,3)16(4,5)23-17/h6-9H,10H2,1-5H3,(H,18,21)(H,19,20). The summed E-state index contributed by atoms with van der Waals surface area (Å²) >= 11 is 0. The average molecular weight is 318 g/mol. The molecule has 0 spiro atoms. The van der Waals surface area contributed by atoms with E-state index in [1.165, 1.54) is 6.92 Å². The van der Waals surface area contributed by atoms with E-state index in [2.05, 4.69) is 10.3 Å². The Morgan fingerprint density at radius 1 is 1.30 bits per heavy atom. The van der Waals surface area contributed by atoms with Crippen LogP contribution >= 0.6 is 0 Å². The van der Waals surface area contributed by atoms with Crippen LogP contribution in [0.5, 0.6) is 0 Å². The number of nitrogens with one attached hydrogen (secondary N) is 2. The van der Waals surface area contributed by atoms with Crippen LogP contribution in [-0.4, -0.2) is 35.8 Å². The third-order valence-electron chi connectivity index (χ3n) is 4.29. The lowest BCUT2D eigenvalue weighted by Gasteiger charge is -2.32. The topological polar surface area (TPSA) is 80.4 Å². The van der Waals surface area contributed by atoms with Gasteiger partial charge in [-0.25, -0.2) is 0 Å². The lowest BCUT2D eigenvalue weighted by molar-refractivity contribution is -0.118. The molecule has 0 saturated carbocycles. The minimum absolute atomic E-state index is 0.158. The van der Waals surface area contributed by atoms with Crippen molar-refractivity contribution < 1.29 is 14.1 Å². The van der Waals surface area contributed by atoms with Crippen molar-refractivity contribution in [3.8, 4) is 0 Å². The van der Waals surface area contributed by atoms with Gasteiger partial charge < -0.3 is 19.6 Å². The molecule has 2 heterocycles. The number of H-pyrrole nitrogens is 1. The normalized spacial score (nSPS) is 19.7. The maximum Gasteiger partial charge on any atom is 0.492 e. The molecule has 0 aliphatic carbocycles. The quantitative estimate of drug-likeness (QED) is 0.825. The molecule has 23 heavy (non-hydrogen) atoms. The molecule has 1 saturated heterocycles. The number of aromatic nitrogens is 1. The van der Waals surface area contributed by atoms with Crippen molar-refractivity contribution in [2.45, 2.75) is 45.8 Å². The second-order valence-electron chi connectivity index (χ2n) is 6.67. The van der Waals surface area contributed by atoms with Gasteiger partial charge in [-0.3, -0.25) is 9.59 Å². The van der Waals surface area contributed by atoms with Gasteiger partial charge in [0, 0.05) is 25.2 Å². The van der Waals surface area contributed by atoms with Crippen molar-refractivity contribution in [2.75, 3.05) is 6.54 Å². The van der Waals surface area contributed by atoms with Gasteiger partial charge >= 0.3 is 7.12 Å². The lowest BCUT2D eigenvalue weighted by Crippen LogP contribution is -2.41. The number of carbonyl (C=O) groups is 1. The number of hydrogen-bond donors (Lipinski definition) is 2. The highest BCUT2D eigenvalue weighted by molar-refractivity contribution is 6.56. The highest BCUT2D eigenvalue weighted by Crippen LogP contribution is 2.38. The van der Waals surface area contributed by atoms with Gasteiger partial charge in [-0.15, -0.1) is 0 Å². The minimum Gasteiger partial charge on any atom is -0.400 e. The summed E-state index contributed by atoms with van der Waals surface area (Å²) in [5, 5.41) is 2.74. The Bertz CT molecular complexity index is 663. The monoisotopic (exact) mass is 318 g/mol. The van der Waals surface area contributed by atoms with Gasteiger partial charge in [0.1, 0.15) is 0 Å². The predicted octanol–water partition coefficient (Wildman–Crippen LogP) is 1.53. The van der Waals surface area contributed by atoms with E-state index in [1.807, 2.05) is 27.7 Å². The lowest BCUT2D eigenvalue weighted by atomic mass is 9.77. The number of hydrogen-bond acceptors (Lipinski definition) is 4. The summed E-state index contributed by atoms with van der Waals surface area (Å²) < 4.78 is 12.0. The number of amides is 1. The molecular formula is C16H23BN2O4. The predicted molar refractivity (Wildman–Crippen MR) is 89.8 cm³/mol. The molecule has 1 aromatic rings. The molecule has 124 valence electrons. The van der Waals surface area contributed by atoms with Gasteiger partial charge in [0.25, 0.3) is 5.56 Å². The zero-order chi connectivity index (χ0) is 17.3. The molecule has 2 N–H and O–H groups in total. The summed E-state index contributed by atoms with van der Waals surface area (Å²) in [4.78, 5) is 25.8. The Labute approximate surface area is 136 Å². The average Bonchev–Trinajstić information content (AvgIpc) is 2.65. The Kier molecular flexibility index (Phi) is 4.82. The maximum absolute atomic E-state index is 11.9. The van der Waals surface area contributed by atoms with Crippen LogP contribution in [0.15, 0.2) is 28.6 Å². The number of rotatable bonds is 4. The highest BCUT2D eigenvalue weighted by atomic mass is 16.7. The molecule has 2 rings (SSSR count). The van der Waals surface area contributed by atoms with Gasteiger partial charge in [0.15, 0.2) is 0 Å². The van der Waals surface area contributed by atoms with Crippen molar-refractivity contribution in [2.24, 2.45) is 0 Å². The van der Waals surface area contributed by atoms with Gasteiger partial charge in [-0.2, -0.15) is 0 Å². The Morgan fingerprint density at radius 3 is 2.43 bits per heavy atom. The first kappa shape index (κ1) is 17.5. The van der Waals surface area contributed by atoms with Gasteiger partial charge in [0.05, 0.1) is 11.2 Å². The third-order valence-corrected chi connectivity index (χ3v) is 4.29. The molecule has 0 radical (unpaired) electrons. The number of pyridine rings is 1. The number of carbonyl (C=O) groups excluding carboxylic acids is 1. The van der Waals surface area contributed by atoms with E-state index >= 15 is 0 Å². The van der Waals surface area contributed by atoms with E-state index in [0.717, 1.165) is 0 Å². The highest BCUT2D eigenvalue weighted by Gasteiger charge is 2.52. The maximum atomic E-state index is 11.9. The van der Waals surface area contributed by atoms with Crippen molar-refractivity contribution in [1.29, 1.82) is 0 Å². The molecule has 1 fully saturated rings. The fourth-order valence-corrected chi connectivity index (χ4v) is 2.17. The second kappa shape index (κ2) is 6.33. The Hall–Kier alpha value is -1.86. The van der Waals surface area contributed by atoms with Crippen molar-refractivity contribution >= 4 is 19.1 Å². The van der Waals surface area contributed by atoms with Crippen molar-refractivity contribution in [1.82, 2.24) is 10.3 Å². The SMILES string of the molecule is CC(=O)NCC(=Cc1ccc[nH]c1=O)B1OC(C)(C)C(C)(C)O1. The first-order valence-corrected chi connectivity index (χ1v) is 7.61. The third kappa shape index (κ3) is 3.92. The zero-order valence-electron chi connectivity index (χ0n) is 14.2. The van der Waals surface area contributed by atoms with E-state index in [0.29, 0.717) is 11.0 Å². The van der Waals surface area contributed by atoms with E-state index in [1.54, 1.807) is 24.4 Å². The Morgan fingerprint density at radius 2 is 1.91 bits per heavy atom. The molecular weight excluding hydrogens is 295 g/mol. The van der Waals surface area contributed by atoms with Crippen LogP contribution in [0, 0.1) is 0 Å².